The minimum absolute atomic E-state index is 0.222. The molecule has 0 aromatic carbocycles. The predicted octanol–water partition coefficient (Wildman–Crippen LogP) is -0.591. The number of carbonyl (C=O) groups is 3. The van der Waals surface area contributed by atoms with Gasteiger partial charge >= 0.3 is 11.9 Å². The molecule has 0 unspecified atom stereocenters. The van der Waals surface area contributed by atoms with Crippen molar-refractivity contribution in [3.8, 4) is 0 Å². The van der Waals surface area contributed by atoms with E-state index in [2.05, 4.69) is 9.80 Å². The molecule has 0 saturated heterocycles. The van der Waals surface area contributed by atoms with Gasteiger partial charge in [0.05, 0.1) is 0 Å². The zero-order valence-corrected chi connectivity index (χ0v) is 18.4. The van der Waals surface area contributed by atoms with Crippen molar-refractivity contribution in [1.29, 1.82) is 0 Å². The number of nitrogens with zero attached hydrogens (tertiary/aromatic N) is 4. The molecule has 0 amide bonds. The Morgan fingerprint density at radius 1 is 0.571 bits per heavy atom. The molecule has 0 aliphatic rings. The first-order chi connectivity index (χ1) is 13.1. The third-order valence-corrected chi connectivity index (χ3v) is 4.01. The number of likely N-dealkylation sites (N-methyl/N-ethyl adjacent to an activating group) is 4. The van der Waals surface area contributed by atoms with Crippen LogP contribution in [-0.2, 0) is 23.9 Å². The molecule has 0 atom stereocenters. The van der Waals surface area contributed by atoms with Crippen molar-refractivity contribution in [2.24, 2.45) is 0 Å². The fourth-order valence-corrected chi connectivity index (χ4v) is 2.08. The van der Waals surface area contributed by atoms with E-state index in [4.69, 9.17) is 9.47 Å². The van der Waals surface area contributed by atoms with E-state index in [1.165, 1.54) is 0 Å². The van der Waals surface area contributed by atoms with Gasteiger partial charge < -0.3 is 29.1 Å². The van der Waals surface area contributed by atoms with Crippen molar-refractivity contribution in [3.63, 3.8) is 0 Å². The quantitative estimate of drug-likeness (QED) is 0.248. The molecule has 0 rings (SSSR count). The van der Waals surface area contributed by atoms with E-state index >= 15 is 0 Å². The maximum Gasteiger partial charge on any atom is 0.313 e. The van der Waals surface area contributed by atoms with Crippen LogP contribution in [0.5, 0.6) is 0 Å². The fourth-order valence-electron chi connectivity index (χ4n) is 2.08. The van der Waals surface area contributed by atoms with Crippen LogP contribution < -0.4 is 0 Å². The molecule has 9 heteroatoms. The van der Waals surface area contributed by atoms with Crippen LogP contribution in [-0.4, -0.2) is 132 Å². The zero-order chi connectivity index (χ0) is 21.5. The number of ketones is 1. The van der Waals surface area contributed by atoms with Crippen LogP contribution >= 0.6 is 0 Å². The van der Waals surface area contributed by atoms with Crippen molar-refractivity contribution in [2.45, 2.75) is 12.8 Å². The van der Waals surface area contributed by atoms with Gasteiger partial charge in [-0.05, 0) is 42.3 Å². The average Bonchev–Trinajstić information content (AvgIpc) is 2.57. The fraction of sp³-hybridized carbons (Fsp3) is 0.842. The van der Waals surface area contributed by atoms with E-state index in [9.17, 15) is 14.4 Å². The molecule has 0 aromatic heterocycles. The molecule has 0 heterocycles. The monoisotopic (exact) mass is 402 g/mol. The van der Waals surface area contributed by atoms with Crippen LogP contribution in [0, 0.1) is 0 Å². The summed E-state index contributed by atoms with van der Waals surface area (Å²) in [5.41, 5.74) is 0. The molecular formula is C19H38N4O5. The van der Waals surface area contributed by atoms with Crippen LogP contribution in [0.25, 0.3) is 0 Å². The topological polar surface area (TPSA) is 82.6 Å². The Bertz CT molecular complexity index is 431. The minimum Gasteiger partial charge on any atom is -0.464 e. The van der Waals surface area contributed by atoms with Crippen LogP contribution in [0.4, 0.5) is 0 Å². The van der Waals surface area contributed by atoms with Gasteiger partial charge in [-0.15, -0.1) is 0 Å². The Morgan fingerprint density at radius 2 is 0.929 bits per heavy atom. The minimum atomic E-state index is -0.609. The van der Waals surface area contributed by atoms with Crippen molar-refractivity contribution < 1.29 is 23.9 Å². The van der Waals surface area contributed by atoms with E-state index in [1.807, 2.05) is 52.1 Å². The molecule has 0 aromatic rings. The van der Waals surface area contributed by atoms with Crippen molar-refractivity contribution in [2.75, 3.05) is 94.8 Å². The molecule has 9 nitrogen and oxygen atoms in total. The second-order valence-corrected chi connectivity index (χ2v) is 7.55. The Labute approximate surface area is 169 Å². The molecule has 28 heavy (non-hydrogen) atoms. The summed E-state index contributed by atoms with van der Waals surface area (Å²) in [5, 5.41) is 0. The van der Waals surface area contributed by atoms with Gasteiger partial charge in [-0.2, -0.15) is 0 Å². The SMILES string of the molecule is CN(C)CCN(C)CCOC(=O)CC(=O)CC(=O)OCCN(C)CCN(C)C. The predicted molar refractivity (Wildman–Crippen MR) is 108 cm³/mol. The molecule has 0 aliphatic carbocycles. The third-order valence-electron chi connectivity index (χ3n) is 4.01. The second-order valence-electron chi connectivity index (χ2n) is 7.55. The summed E-state index contributed by atoms with van der Waals surface area (Å²) in [5.74, 6) is -1.71. The van der Waals surface area contributed by atoms with Gasteiger partial charge in [0.15, 0.2) is 5.78 Å². The van der Waals surface area contributed by atoms with Gasteiger partial charge in [-0.3, -0.25) is 14.4 Å². The van der Waals surface area contributed by atoms with Crippen molar-refractivity contribution >= 4 is 17.7 Å². The lowest BCUT2D eigenvalue weighted by Crippen LogP contribution is -2.32. The van der Waals surface area contributed by atoms with Crippen LogP contribution in [0.3, 0.4) is 0 Å². The normalized spacial score (nSPS) is 11.5. The standard InChI is InChI=1S/C19H38N4O5/c1-20(2)7-9-22(5)11-13-27-18(25)15-17(24)16-19(26)28-14-12-23(6)10-8-21(3)4/h7-16H2,1-6H3. The summed E-state index contributed by atoms with van der Waals surface area (Å²) in [4.78, 5) is 43.4. The Balaban J connectivity index is 3.82. The first kappa shape index (κ1) is 26.4. The highest BCUT2D eigenvalue weighted by Crippen LogP contribution is 1.97. The van der Waals surface area contributed by atoms with E-state index in [0.717, 1.165) is 26.2 Å². The van der Waals surface area contributed by atoms with E-state index in [-0.39, 0.29) is 13.2 Å². The highest BCUT2D eigenvalue weighted by molar-refractivity contribution is 6.03. The molecular weight excluding hydrogens is 364 g/mol. The van der Waals surface area contributed by atoms with Crippen LogP contribution in [0.15, 0.2) is 0 Å². The smallest absolute Gasteiger partial charge is 0.313 e. The first-order valence-corrected chi connectivity index (χ1v) is 9.59. The summed E-state index contributed by atoms with van der Waals surface area (Å²) in [6.45, 7) is 5.18. The summed E-state index contributed by atoms with van der Waals surface area (Å²) >= 11 is 0. The maximum absolute atomic E-state index is 11.8. The molecule has 0 radical (unpaired) electrons. The van der Waals surface area contributed by atoms with Crippen LogP contribution in [0.2, 0.25) is 0 Å². The number of rotatable bonds is 16. The third kappa shape index (κ3) is 16.6. The molecule has 0 N–H and O–H groups in total. The number of carbonyl (C=O) groups excluding carboxylic acids is 3. The Kier molecular flexibility index (Phi) is 14.5. The number of Topliss-reactive ketones (excluding diaryl/α,β-unsaturated/α-hetero) is 1. The summed E-state index contributed by atoms with van der Waals surface area (Å²) in [7, 11) is 11.9. The largest absolute Gasteiger partial charge is 0.464 e. The molecule has 164 valence electrons. The van der Waals surface area contributed by atoms with Crippen molar-refractivity contribution in [1.82, 2.24) is 19.6 Å². The van der Waals surface area contributed by atoms with E-state index in [0.29, 0.717) is 13.1 Å². The Morgan fingerprint density at radius 3 is 1.25 bits per heavy atom. The van der Waals surface area contributed by atoms with Crippen molar-refractivity contribution in [3.05, 3.63) is 0 Å². The summed E-state index contributed by atoms with van der Waals surface area (Å²) < 4.78 is 10.1. The first-order valence-electron chi connectivity index (χ1n) is 9.59. The lowest BCUT2D eigenvalue weighted by atomic mass is 10.2. The number of ether oxygens (including phenoxy) is 2. The zero-order valence-electron chi connectivity index (χ0n) is 18.4. The maximum atomic E-state index is 11.8. The summed E-state index contributed by atoms with van der Waals surface area (Å²) in [6.07, 6.45) is -0.807. The molecule has 0 saturated carbocycles. The van der Waals surface area contributed by atoms with Gasteiger partial charge in [0.1, 0.15) is 26.1 Å². The highest BCUT2D eigenvalue weighted by Gasteiger charge is 2.16. The second kappa shape index (κ2) is 15.4. The molecule has 0 spiro atoms. The van der Waals surface area contributed by atoms with Gasteiger partial charge in [0, 0.05) is 39.3 Å². The highest BCUT2D eigenvalue weighted by atomic mass is 16.5. The van der Waals surface area contributed by atoms with Gasteiger partial charge in [0.25, 0.3) is 0 Å². The Hall–Kier alpha value is -1.55. The summed E-state index contributed by atoms with van der Waals surface area (Å²) in [6, 6.07) is 0. The lowest BCUT2D eigenvalue weighted by molar-refractivity contribution is -0.149. The van der Waals surface area contributed by atoms with E-state index < -0.39 is 30.6 Å². The van der Waals surface area contributed by atoms with Gasteiger partial charge in [0.2, 0.25) is 0 Å². The molecule has 0 aliphatic heterocycles. The number of esters is 2. The van der Waals surface area contributed by atoms with Gasteiger partial charge in [-0.1, -0.05) is 0 Å². The van der Waals surface area contributed by atoms with E-state index in [1.54, 1.807) is 0 Å². The van der Waals surface area contributed by atoms with Crippen LogP contribution in [0.1, 0.15) is 12.8 Å². The van der Waals surface area contributed by atoms with Gasteiger partial charge in [-0.25, -0.2) is 0 Å². The lowest BCUT2D eigenvalue weighted by Gasteiger charge is -2.19. The number of hydrogen-bond donors (Lipinski definition) is 0. The molecule has 0 fully saturated rings. The average molecular weight is 403 g/mol. The molecule has 0 bridgehead atoms. The number of hydrogen-bond acceptors (Lipinski definition) is 9.